The predicted octanol–water partition coefficient (Wildman–Crippen LogP) is 3.19. The summed E-state index contributed by atoms with van der Waals surface area (Å²) in [5, 5.41) is 4.22. The predicted molar refractivity (Wildman–Crippen MR) is 96.8 cm³/mol. The van der Waals surface area contributed by atoms with Crippen molar-refractivity contribution in [3.8, 4) is 11.1 Å². The highest BCUT2D eigenvalue weighted by molar-refractivity contribution is 5.63. The third-order valence-corrected chi connectivity index (χ3v) is 4.76. The molecule has 0 N–H and O–H groups in total. The number of hydrogen-bond donors (Lipinski definition) is 0. The molecule has 0 saturated carbocycles. The van der Waals surface area contributed by atoms with Gasteiger partial charge in [-0.1, -0.05) is 24.3 Å². The first-order valence-corrected chi connectivity index (χ1v) is 8.72. The largest absolute Gasteiger partial charge is 0.369 e. The van der Waals surface area contributed by atoms with Gasteiger partial charge >= 0.3 is 0 Å². The molecule has 1 saturated heterocycles. The third kappa shape index (κ3) is 3.52. The lowest BCUT2D eigenvalue weighted by atomic mass is 10.1. The average molecular weight is 352 g/mol. The molecule has 3 heterocycles. The molecule has 1 atom stereocenters. The van der Waals surface area contributed by atoms with E-state index in [4.69, 9.17) is 4.74 Å². The minimum atomic E-state index is -0.238. The number of benzene rings is 1. The van der Waals surface area contributed by atoms with Crippen LogP contribution in [0.4, 0.5) is 4.39 Å². The van der Waals surface area contributed by atoms with Gasteiger partial charge in [0, 0.05) is 50.2 Å². The molecule has 2 aromatic heterocycles. The van der Waals surface area contributed by atoms with Gasteiger partial charge in [-0.05, 0) is 18.2 Å². The van der Waals surface area contributed by atoms with Gasteiger partial charge in [-0.25, -0.2) is 4.39 Å². The molecule has 5 nitrogen and oxygen atoms in total. The SMILES string of the molecule is Cn1nccc1CN1CCO[C@@H](c2ccc(-c3ccccc3F)cn2)C1. The Morgan fingerprint density at radius 3 is 2.81 bits per heavy atom. The molecule has 0 amide bonds. The van der Waals surface area contributed by atoms with Crippen molar-refractivity contribution >= 4 is 0 Å². The zero-order valence-electron chi connectivity index (χ0n) is 14.7. The standard InChI is InChI=1S/C20H21FN4O/c1-24-16(8-9-23-24)13-25-10-11-26-20(14-25)19-7-6-15(12-22-19)17-4-2-3-5-18(17)21/h2-9,12,20H,10-11,13-14H2,1H3/t20-/m1/s1. The molecule has 0 aliphatic carbocycles. The molecule has 0 unspecified atom stereocenters. The second-order valence-corrected chi connectivity index (χ2v) is 6.49. The van der Waals surface area contributed by atoms with Crippen LogP contribution in [0.3, 0.4) is 0 Å². The first-order chi connectivity index (χ1) is 12.7. The van der Waals surface area contributed by atoms with E-state index in [1.54, 1.807) is 18.3 Å². The van der Waals surface area contributed by atoms with Crippen LogP contribution in [0.2, 0.25) is 0 Å². The Hall–Kier alpha value is -2.57. The summed E-state index contributed by atoms with van der Waals surface area (Å²) in [5.41, 5.74) is 3.39. The van der Waals surface area contributed by atoms with Crippen molar-refractivity contribution in [2.24, 2.45) is 7.05 Å². The van der Waals surface area contributed by atoms with Gasteiger partial charge in [0.2, 0.25) is 0 Å². The van der Waals surface area contributed by atoms with Crippen LogP contribution in [0.25, 0.3) is 11.1 Å². The van der Waals surface area contributed by atoms with Crippen molar-refractivity contribution in [2.75, 3.05) is 19.7 Å². The lowest BCUT2D eigenvalue weighted by Crippen LogP contribution is -2.38. The Bertz CT molecular complexity index is 878. The van der Waals surface area contributed by atoms with Crippen molar-refractivity contribution in [3.05, 3.63) is 72.1 Å². The number of morpholine rings is 1. The van der Waals surface area contributed by atoms with E-state index in [2.05, 4.69) is 15.0 Å². The normalized spacial score (nSPS) is 18.2. The first-order valence-electron chi connectivity index (χ1n) is 8.72. The van der Waals surface area contributed by atoms with Crippen LogP contribution in [-0.2, 0) is 18.3 Å². The number of ether oxygens (including phenoxy) is 1. The Labute approximate surface area is 152 Å². The van der Waals surface area contributed by atoms with Crippen LogP contribution < -0.4 is 0 Å². The maximum Gasteiger partial charge on any atom is 0.131 e. The van der Waals surface area contributed by atoms with Crippen molar-refractivity contribution in [2.45, 2.75) is 12.6 Å². The summed E-state index contributed by atoms with van der Waals surface area (Å²) < 4.78 is 21.7. The number of aromatic nitrogens is 3. The van der Waals surface area contributed by atoms with Gasteiger partial charge in [0.25, 0.3) is 0 Å². The fourth-order valence-corrected chi connectivity index (χ4v) is 3.26. The molecular weight excluding hydrogens is 331 g/mol. The van der Waals surface area contributed by atoms with E-state index in [1.807, 2.05) is 42.2 Å². The van der Waals surface area contributed by atoms with E-state index >= 15 is 0 Å². The number of aryl methyl sites for hydroxylation is 1. The highest BCUT2D eigenvalue weighted by Gasteiger charge is 2.23. The molecule has 0 radical (unpaired) electrons. The molecule has 4 rings (SSSR count). The molecule has 1 aliphatic heterocycles. The summed E-state index contributed by atoms with van der Waals surface area (Å²) in [5.74, 6) is -0.238. The molecule has 1 aromatic carbocycles. The van der Waals surface area contributed by atoms with Gasteiger partial charge in [0.1, 0.15) is 11.9 Å². The minimum absolute atomic E-state index is 0.0772. The van der Waals surface area contributed by atoms with Gasteiger partial charge in [0.15, 0.2) is 0 Å². The van der Waals surface area contributed by atoms with E-state index in [0.29, 0.717) is 12.2 Å². The highest BCUT2D eigenvalue weighted by atomic mass is 19.1. The second-order valence-electron chi connectivity index (χ2n) is 6.49. The molecule has 6 heteroatoms. The highest BCUT2D eigenvalue weighted by Crippen LogP contribution is 2.26. The lowest BCUT2D eigenvalue weighted by molar-refractivity contribution is -0.0356. The first kappa shape index (κ1) is 16.9. The summed E-state index contributed by atoms with van der Waals surface area (Å²) in [4.78, 5) is 6.88. The topological polar surface area (TPSA) is 43.2 Å². The zero-order valence-corrected chi connectivity index (χ0v) is 14.7. The summed E-state index contributed by atoms with van der Waals surface area (Å²) in [7, 11) is 1.95. The quantitative estimate of drug-likeness (QED) is 0.723. The molecule has 0 bridgehead atoms. The molecule has 1 fully saturated rings. The molecule has 1 aliphatic rings. The summed E-state index contributed by atoms with van der Waals surface area (Å²) >= 11 is 0. The number of hydrogen-bond acceptors (Lipinski definition) is 4. The van der Waals surface area contributed by atoms with Crippen LogP contribution in [0.1, 0.15) is 17.5 Å². The number of halogens is 1. The maximum absolute atomic E-state index is 13.9. The van der Waals surface area contributed by atoms with E-state index in [0.717, 1.165) is 30.9 Å². The maximum atomic E-state index is 13.9. The van der Waals surface area contributed by atoms with Crippen LogP contribution in [0, 0.1) is 5.82 Å². The number of nitrogens with zero attached hydrogens (tertiary/aromatic N) is 4. The van der Waals surface area contributed by atoms with Crippen molar-refractivity contribution in [1.82, 2.24) is 19.7 Å². The van der Waals surface area contributed by atoms with Crippen LogP contribution in [0.5, 0.6) is 0 Å². The molecule has 26 heavy (non-hydrogen) atoms. The lowest BCUT2D eigenvalue weighted by Gasteiger charge is -2.32. The van der Waals surface area contributed by atoms with Crippen LogP contribution >= 0.6 is 0 Å². The fourth-order valence-electron chi connectivity index (χ4n) is 3.26. The molecule has 0 spiro atoms. The van der Waals surface area contributed by atoms with E-state index in [9.17, 15) is 4.39 Å². The van der Waals surface area contributed by atoms with Gasteiger partial charge in [-0.2, -0.15) is 5.10 Å². The van der Waals surface area contributed by atoms with Gasteiger partial charge < -0.3 is 4.74 Å². The zero-order chi connectivity index (χ0) is 17.9. The molecule has 134 valence electrons. The third-order valence-electron chi connectivity index (χ3n) is 4.76. The van der Waals surface area contributed by atoms with Crippen molar-refractivity contribution in [1.29, 1.82) is 0 Å². The molecular formula is C20H21FN4O. The Morgan fingerprint density at radius 2 is 2.08 bits per heavy atom. The number of pyridine rings is 1. The summed E-state index contributed by atoms with van der Waals surface area (Å²) in [6.07, 6.45) is 3.46. The smallest absolute Gasteiger partial charge is 0.131 e. The number of rotatable bonds is 4. The Morgan fingerprint density at radius 1 is 1.19 bits per heavy atom. The second kappa shape index (κ2) is 7.35. The van der Waals surface area contributed by atoms with Gasteiger partial charge in [-0.3, -0.25) is 14.6 Å². The Kier molecular flexibility index (Phi) is 4.77. The van der Waals surface area contributed by atoms with Crippen molar-refractivity contribution in [3.63, 3.8) is 0 Å². The van der Waals surface area contributed by atoms with Gasteiger partial charge in [-0.15, -0.1) is 0 Å². The van der Waals surface area contributed by atoms with Crippen LogP contribution in [-0.4, -0.2) is 39.4 Å². The van der Waals surface area contributed by atoms with Crippen LogP contribution in [0.15, 0.2) is 54.9 Å². The average Bonchev–Trinajstić information content (AvgIpc) is 3.07. The van der Waals surface area contributed by atoms with Gasteiger partial charge in [0.05, 0.1) is 18.0 Å². The Balaban J connectivity index is 1.47. The molecule has 3 aromatic rings. The van der Waals surface area contributed by atoms with E-state index < -0.39 is 0 Å². The van der Waals surface area contributed by atoms with E-state index in [1.165, 1.54) is 11.8 Å². The van der Waals surface area contributed by atoms with E-state index in [-0.39, 0.29) is 11.9 Å². The fraction of sp³-hybridized carbons (Fsp3) is 0.300. The minimum Gasteiger partial charge on any atom is -0.369 e. The summed E-state index contributed by atoms with van der Waals surface area (Å²) in [6.45, 7) is 3.16. The monoisotopic (exact) mass is 352 g/mol. The van der Waals surface area contributed by atoms with Crippen molar-refractivity contribution < 1.29 is 9.13 Å². The summed E-state index contributed by atoms with van der Waals surface area (Å²) in [6, 6.07) is 12.6.